The number of anilines is 1. The fraction of sp³-hybridized carbons (Fsp3) is 0.450. The molecule has 8 nitrogen and oxygen atoms in total. The molecule has 1 saturated carbocycles. The third-order valence-corrected chi connectivity index (χ3v) is 6.62. The van der Waals surface area contributed by atoms with E-state index in [1.54, 1.807) is 33.2 Å². The highest BCUT2D eigenvalue weighted by Crippen LogP contribution is 2.34. The number of nitrogens with one attached hydrogen (secondary N) is 1. The van der Waals surface area contributed by atoms with Gasteiger partial charge in [-0.1, -0.05) is 0 Å². The number of hydrogen-bond acceptors (Lipinski definition) is 5. The summed E-state index contributed by atoms with van der Waals surface area (Å²) in [5.41, 5.74) is 3.27. The van der Waals surface area contributed by atoms with Gasteiger partial charge in [0, 0.05) is 30.9 Å². The first-order chi connectivity index (χ1) is 13.7. The molecule has 9 heteroatoms. The molecule has 1 aliphatic rings. The molecule has 0 aliphatic heterocycles. The van der Waals surface area contributed by atoms with Crippen LogP contribution in [0.2, 0.25) is 0 Å². The highest BCUT2D eigenvalue weighted by molar-refractivity contribution is 7.92. The summed E-state index contributed by atoms with van der Waals surface area (Å²) in [6.45, 7) is 6.12. The van der Waals surface area contributed by atoms with Gasteiger partial charge in [0.15, 0.2) is 5.82 Å². The largest absolute Gasteiger partial charge is 0.328 e. The fourth-order valence-corrected chi connectivity index (χ4v) is 4.06. The van der Waals surface area contributed by atoms with Crippen molar-refractivity contribution in [2.45, 2.75) is 40.2 Å². The molecule has 154 valence electrons. The quantitative estimate of drug-likeness (QED) is 0.667. The minimum absolute atomic E-state index is 0.0545. The van der Waals surface area contributed by atoms with Crippen molar-refractivity contribution in [1.82, 2.24) is 19.1 Å². The van der Waals surface area contributed by atoms with Crippen LogP contribution >= 0.6 is 0 Å². The number of rotatable bonds is 6. The predicted molar refractivity (Wildman–Crippen MR) is 113 cm³/mol. The minimum Gasteiger partial charge on any atom is -0.328 e. The van der Waals surface area contributed by atoms with E-state index in [0.29, 0.717) is 22.7 Å². The zero-order valence-corrected chi connectivity index (χ0v) is 17.9. The Morgan fingerprint density at radius 1 is 1.21 bits per heavy atom. The van der Waals surface area contributed by atoms with E-state index in [2.05, 4.69) is 19.3 Å². The van der Waals surface area contributed by atoms with Gasteiger partial charge >= 0.3 is 0 Å². The Kier molecular flexibility index (Phi) is 4.72. The van der Waals surface area contributed by atoms with Crippen molar-refractivity contribution in [3.05, 3.63) is 40.1 Å². The topological polar surface area (TPSA) is 98.9 Å². The van der Waals surface area contributed by atoms with Crippen LogP contribution in [-0.4, -0.2) is 33.3 Å². The van der Waals surface area contributed by atoms with Crippen molar-refractivity contribution in [2.75, 3.05) is 10.5 Å². The molecule has 1 fully saturated rings. The van der Waals surface area contributed by atoms with Gasteiger partial charge < -0.3 is 9.13 Å². The van der Waals surface area contributed by atoms with Gasteiger partial charge in [0.05, 0.1) is 17.0 Å². The van der Waals surface area contributed by atoms with Crippen LogP contribution in [0.25, 0.3) is 22.3 Å². The Labute approximate surface area is 169 Å². The van der Waals surface area contributed by atoms with Crippen molar-refractivity contribution in [3.8, 4) is 11.3 Å². The first-order valence-electron chi connectivity index (χ1n) is 9.74. The van der Waals surface area contributed by atoms with Crippen LogP contribution < -0.4 is 10.3 Å². The SMILES string of the molecule is CCS(=O)(=O)Nc1nc(-c2cc(C)c(=O)n(C)c2)cc2c1nc(C)n2CC1CC1. The molecule has 1 N–H and O–H groups in total. The molecule has 0 saturated heterocycles. The molecule has 3 aromatic rings. The maximum absolute atomic E-state index is 12.3. The van der Waals surface area contributed by atoms with E-state index in [4.69, 9.17) is 0 Å². The first kappa shape index (κ1) is 19.6. The molecule has 0 atom stereocenters. The zero-order valence-electron chi connectivity index (χ0n) is 17.1. The monoisotopic (exact) mass is 415 g/mol. The summed E-state index contributed by atoms with van der Waals surface area (Å²) >= 11 is 0. The van der Waals surface area contributed by atoms with Crippen LogP contribution in [0.3, 0.4) is 0 Å². The molecule has 3 aromatic heterocycles. The van der Waals surface area contributed by atoms with Gasteiger partial charge in [-0.3, -0.25) is 9.52 Å². The molecule has 0 amide bonds. The van der Waals surface area contributed by atoms with Gasteiger partial charge in [-0.15, -0.1) is 0 Å². The molecule has 0 spiro atoms. The Morgan fingerprint density at radius 2 is 1.93 bits per heavy atom. The summed E-state index contributed by atoms with van der Waals surface area (Å²) < 4.78 is 30.8. The Morgan fingerprint density at radius 3 is 2.55 bits per heavy atom. The van der Waals surface area contributed by atoms with Gasteiger partial charge in [-0.2, -0.15) is 0 Å². The standard InChI is InChI=1S/C20H25N5O3S/c1-5-29(27,28)23-19-18-17(25(13(3)21-18)10-14-6-7-14)9-16(22-19)15-8-12(2)20(26)24(4)11-15/h8-9,11,14H,5-7,10H2,1-4H3,(H,22,23). The fourth-order valence-electron chi connectivity index (χ4n) is 3.48. The van der Waals surface area contributed by atoms with Crippen molar-refractivity contribution < 1.29 is 8.42 Å². The molecule has 3 heterocycles. The van der Waals surface area contributed by atoms with E-state index in [9.17, 15) is 13.2 Å². The lowest BCUT2D eigenvalue weighted by Crippen LogP contribution is -2.19. The van der Waals surface area contributed by atoms with E-state index in [0.717, 1.165) is 23.4 Å². The summed E-state index contributed by atoms with van der Waals surface area (Å²) in [4.78, 5) is 21.3. The predicted octanol–water partition coefficient (Wildman–Crippen LogP) is 2.59. The average Bonchev–Trinajstić information content (AvgIpc) is 3.43. The summed E-state index contributed by atoms with van der Waals surface area (Å²) in [6.07, 6.45) is 4.12. The smallest absolute Gasteiger partial charge is 0.253 e. The molecule has 1 aliphatic carbocycles. The number of hydrogen-bond donors (Lipinski definition) is 1. The highest BCUT2D eigenvalue weighted by Gasteiger charge is 2.25. The number of fused-ring (bicyclic) bond motifs is 1. The molecule has 29 heavy (non-hydrogen) atoms. The van der Waals surface area contributed by atoms with Crippen LogP contribution in [0.4, 0.5) is 5.82 Å². The van der Waals surface area contributed by atoms with Gasteiger partial charge in [0.2, 0.25) is 10.0 Å². The van der Waals surface area contributed by atoms with Crippen LogP contribution in [0, 0.1) is 19.8 Å². The van der Waals surface area contributed by atoms with Crippen molar-refractivity contribution in [2.24, 2.45) is 13.0 Å². The molecule has 0 unspecified atom stereocenters. The van der Waals surface area contributed by atoms with Crippen molar-refractivity contribution in [3.63, 3.8) is 0 Å². The lowest BCUT2D eigenvalue weighted by molar-refractivity contribution is 0.602. The van der Waals surface area contributed by atoms with Crippen LogP contribution in [0.15, 0.2) is 23.1 Å². The minimum atomic E-state index is -3.52. The number of aryl methyl sites for hydroxylation is 3. The highest BCUT2D eigenvalue weighted by atomic mass is 32.2. The molecule has 0 bridgehead atoms. The summed E-state index contributed by atoms with van der Waals surface area (Å²) in [6, 6.07) is 3.71. The second-order valence-corrected chi connectivity index (χ2v) is 9.78. The lowest BCUT2D eigenvalue weighted by atomic mass is 10.1. The maximum Gasteiger partial charge on any atom is 0.253 e. The Hall–Kier alpha value is -2.68. The van der Waals surface area contributed by atoms with Gasteiger partial charge in [0.1, 0.15) is 11.3 Å². The van der Waals surface area contributed by atoms with Gasteiger partial charge in [-0.25, -0.2) is 18.4 Å². The molecular weight excluding hydrogens is 390 g/mol. The van der Waals surface area contributed by atoms with Crippen LogP contribution in [-0.2, 0) is 23.6 Å². The normalized spacial score (nSPS) is 14.5. The third kappa shape index (κ3) is 3.78. The van der Waals surface area contributed by atoms with Gasteiger partial charge in [0.25, 0.3) is 5.56 Å². The Balaban J connectivity index is 1.96. The molecular formula is C20H25N5O3S. The van der Waals surface area contributed by atoms with Crippen LogP contribution in [0.5, 0.6) is 0 Å². The summed E-state index contributed by atoms with van der Waals surface area (Å²) in [7, 11) is -1.82. The van der Waals surface area contributed by atoms with E-state index in [-0.39, 0.29) is 17.1 Å². The molecule has 0 aromatic carbocycles. The number of nitrogens with zero attached hydrogens (tertiary/aromatic N) is 4. The Bertz CT molecular complexity index is 1240. The average molecular weight is 416 g/mol. The first-order valence-corrected chi connectivity index (χ1v) is 11.4. The second kappa shape index (κ2) is 6.98. The second-order valence-electron chi connectivity index (χ2n) is 7.77. The third-order valence-electron chi connectivity index (χ3n) is 5.36. The number of imidazole rings is 1. The van der Waals surface area contributed by atoms with E-state index >= 15 is 0 Å². The zero-order chi connectivity index (χ0) is 20.9. The summed E-state index contributed by atoms with van der Waals surface area (Å²) in [5, 5.41) is 0. The molecule has 0 radical (unpaired) electrons. The van der Waals surface area contributed by atoms with E-state index in [1.807, 2.05) is 13.0 Å². The van der Waals surface area contributed by atoms with Gasteiger partial charge in [-0.05, 0) is 51.7 Å². The lowest BCUT2D eigenvalue weighted by Gasteiger charge is -2.12. The van der Waals surface area contributed by atoms with Crippen LogP contribution in [0.1, 0.15) is 31.2 Å². The molecule has 4 rings (SSSR count). The van der Waals surface area contributed by atoms with Crippen molar-refractivity contribution in [1.29, 1.82) is 0 Å². The number of sulfonamides is 1. The van der Waals surface area contributed by atoms with Crippen molar-refractivity contribution >= 4 is 26.9 Å². The van der Waals surface area contributed by atoms with E-state index in [1.165, 1.54) is 17.4 Å². The number of pyridine rings is 2. The van der Waals surface area contributed by atoms with E-state index < -0.39 is 10.0 Å². The summed E-state index contributed by atoms with van der Waals surface area (Å²) in [5.74, 6) is 1.64. The number of aromatic nitrogens is 4. The maximum atomic E-state index is 12.3.